The second kappa shape index (κ2) is 5.07. The minimum absolute atomic E-state index is 0.00231. The molecule has 0 saturated carbocycles. The van der Waals surface area contributed by atoms with Crippen molar-refractivity contribution in [1.29, 1.82) is 0 Å². The summed E-state index contributed by atoms with van der Waals surface area (Å²) in [5.41, 5.74) is 0.380. The Morgan fingerprint density at radius 1 is 0.941 bits per heavy atom. The summed E-state index contributed by atoms with van der Waals surface area (Å²) >= 11 is 9.40. The molecule has 2 nitrogen and oxygen atoms in total. The van der Waals surface area contributed by atoms with E-state index in [-0.39, 0.29) is 10.3 Å². The molecule has 1 aromatic carbocycles. The number of nitrogens with zero attached hydrogens (tertiary/aromatic N) is 2. The predicted octanol–water partition coefficient (Wildman–Crippen LogP) is 4.71. The van der Waals surface area contributed by atoms with Crippen molar-refractivity contribution in [2.45, 2.75) is 0 Å². The highest BCUT2D eigenvalue weighted by Gasteiger charge is 2.15. The molecule has 0 atom stereocenters. The smallest absolute Gasteiger partial charge is 0.173 e. The maximum atomic E-state index is 13.4. The third-order valence-corrected chi connectivity index (χ3v) is 3.53. The van der Waals surface area contributed by atoms with Gasteiger partial charge >= 0.3 is 0 Å². The highest BCUT2D eigenvalue weighted by atomic mass is 79.9. The van der Waals surface area contributed by atoms with E-state index in [0.717, 1.165) is 6.07 Å². The van der Waals surface area contributed by atoms with Gasteiger partial charge in [0.2, 0.25) is 0 Å². The molecule has 0 spiro atoms. The Morgan fingerprint density at radius 3 is 2.12 bits per heavy atom. The predicted molar refractivity (Wildman–Crippen MR) is 70.5 cm³/mol. The Kier molecular flexibility index (Phi) is 3.89. The van der Waals surface area contributed by atoms with Gasteiger partial charge < -0.3 is 0 Å². The van der Waals surface area contributed by atoms with Gasteiger partial charge in [-0.25, -0.2) is 18.7 Å². The summed E-state index contributed by atoms with van der Waals surface area (Å²) in [5.74, 6) is -1.59. The summed E-state index contributed by atoms with van der Waals surface area (Å²) in [6, 6.07) is 4.10. The molecule has 0 unspecified atom stereocenters. The number of benzene rings is 1. The molecule has 0 saturated heterocycles. The number of aromatic nitrogens is 2. The Balaban J connectivity index is 2.64. The molecule has 1 heterocycles. The van der Waals surface area contributed by atoms with Crippen LogP contribution in [0.25, 0.3) is 11.4 Å². The third kappa shape index (κ3) is 2.71. The minimum atomic E-state index is -0.956. The summed E-state index contributed by atoms with van der Waals surface area (Å²) < 4.78 is 27.4. The lowest BCUT2D eigenvalue weighted by molar-refractivity contribution is 0.504. The second-order valence-corrected chi connectivity index (χ2v) is 5.48. The van der Waals surface area contributed by atoms with Crippen LogP contribution in [0.5, 0.6) is 0 Å². The summed E-state index contributed by atoms with van der Waals surface area (Å²) in [6.45, 7) is 0. The van der Waals surface area contributed by atoms with Gasteiger partial charge in [0.1, 0.15) is 9.21 Å². The molecule has 7 heteroatoms. The average molecular weight is 429 g/mol. The van der Waals surface area contributed by atoms with Gasteiger partial charge in [-0.2, -0.15) is 0 Å². The molecule has 0 amide bonds. The molecule has 0 aliphatic heterocycles. The topological polar surface area (TPSA) is 25.8 Å². The van der Waals surface area contributed by atoms with E-state index in [4.69, 9.17) is 0 Å². The highest BCUT2D eigenvalue weighted by Crippen LogP contribution is 2.31. The molecule has 0 aliphatic rings. The van der Waals surface area contributed by atoms with E-state index in [1.165, 1.54) is 6.07 Å². The summed E-state index contributed by atoms with van der Waals surface area (Å²) in [5, 5.41) is 0. The highest BCUT2D eigenvalue weighted by molar-refractivity contribution is 9.11. The number of halogens is 5. The number of hydrogen-bond acceptors (Lipinski definition) is 2. The normalized spacial score (nSPS) is 10.6. The van der Waals surface area contributed by atoms with Crippen LogP contribution in [0, 0.1) is 11.6 Å². The van der Waals surface area contributed by atoms with E-state index in [0.29, 0.717) is 14.8 Å². The van der Waals surface area contributed by atoms with Crippen molar-refractivity contribution in [2.75, 3.05) is 0 Å². The van der Waals surface area contributed by atoms with Crippen molar-refractivity contribution in [3.8, 4) is 11.4 Å². The number of hydrogen-bond donors (Lipinski definition) is 0. The quantitative estimate of drug-likeness (QED) is 0.485. The zero-order chi connectivity index (χ0) is 12.6. The van der Waals surface area contributed by atoms with Crippen LogP contribution in [0.1, 0.15) is 0 Å². The summed E-state index contributed by atoms with van der Waals surface area (Å²) in [4.78, 5) is 8.18. The van der Waals surface area contributed by atoms with Crippen molar-refractivity contribution in [3.05, 3.63) is 43.5 Å². The van der Waals surface area contributed by atoms with E-state index in [1.807, 2.05) is 0 Å². The van der Waals surface area contributed by atoms with Crippen molar-refractivity contribution < 1.29 is 8.78 Å². The van der Waals surface area contributed by atoms with Gasteiger partial charge in [-0.1, -0.05) is 0 Å². The zero-order valence-corrected chi connectivity index (χ0v) is 12.8. The second-order valence-electron chi connectivity index (χ2n) is 3.06. The van der Waals surface area contributed by atoms with Crippen LogP contribution in [0.4, 0.5) is 8.78 Å². The van der Waals surface area contributed by atoms with Crippen LogP contribution in [-0.4, -0.2) is 9.97 Å². The van der Waals surface area contributed by atoms with E-state index >= 15 is 0 Å². The first-order valence-electron chi connectivity index (χ1n) is 4.33. The Labute approximate surface area is 121 Å². The molecule has 0 fully saturated rings. The fourth-order valence-corrected chi connectivity index (χ4v) is 2.78. The van der Waals surface area contributed by atoms with Crippen LogP contribution < -0.4 is 0 Å². The van der Waals surface area contributed by atoms with Crippen LogP contribution in [0.2, 0.25) is 0 Å². The van der Waals surface area contributed by atoms with E-state index in [9.17, 15) is 8.78 Å². The molecule has 0 aliphatic carbocycles. The first-order chi connectivity index (χ1) is 7.99. The largest absolute Gasteiger partial charge is 0.221 e. The van der Waals surface area contributed by atoms with Crippen LogP contribution >= 0.6 is 47.8 Å². The number of rotatable bonds is 1. The van der Waals surface area contributed by atoms with Crippen molar-refractivity contribution in [3.63, 3.8) is 0 Å². The monoisotopic (exact) mass is 426 g/mol. The third-order valence-electron chi connectivity index (χ3n) is 1.94. The van der Waals surface area contributed by atoms with Gasteiger partial charge in [0.15, 0.2) is 17.5 Å². The minimum Gasteiger partial charge on any atom is -0.221 e. The summed E-state index contributed by atoms with van der Waals surface area (Å²) in [7, 11) is 0. The van der Waals surface area contributed by atoms with Crippen LogP contribution in [0.15, 0.2) is 31.9 Å². The molecule has 0 bridgehead atoms. The molecular weight excluding hydrogens is 426 g/mol. The fourth-order valence-electron chi connectivity index (χ4n) is 1.21. The van der Waals surface area contributed by atoms with Crippen molar-refractivity contribution >= 4 is 47.8 Å². The van der Waals surface area contributed by atoms with Crippen LogP contribution in [-0.2, 0) is 0 Å². The van der Waals surface area contributed by atoms with Gasteiger partial charge in [-0.3, -0.25) is 0 Å². The Morgan fingerprint density at radius 2 is 1.53 bits per heavy atom. The maximum Gasteiger partial charge on any atom is 0.173 e. The zero-order valence-electron chi connectivity index (χ0n) is 8.02. The molecule has 88 valence electrons. The standard InChI is InChI=1S/C10H3Br3F2N2/c11-6-3-7(12)17-10(16-6)4-1-2-5(14)9(15)8(4)13/h1-3H. The molecule has 17 heavy (non-hydrogen) atoms. The van der Waals surface area contributed by atoms with E-state index < -0.39 is 11.6 Å². The van der Waals surface area contributed by atoms with Crippen LogP contribution in [0.3, 0.4) is 0 Å². The van der Waals surface area contributed by atoms with Gasteiger partial charge in [-0.15, -0.1) is 0 Å². The molecule has 1 aromatic heterocycles. The van der Waals surface area contributed by atoms with Gasteiger partial charge in [0, 0.05) is 11.6 Å². The van der Waals surface area contributed by atoms with E-state index in [1.54, 1.807) is 6.07 Å². The Hall–Kier alpha value is -0.400. The summed E-state index contributed by atoms with van der Waals surface area (Å²) in [6.07, 6.45) is 0. The molecule has 2 rings (SSSR count). The lowest BCUT2D eigenvalue weighted by Gasteiger charge is -2.05. The van der Waals surface area contributed by atoms with Gasteiger partial charge in [0.05, 0.1) is 4.47 Å². The Bertz CT molecular complexity index is 570. The molecule has 0 radical (unpaired) electrons. The lowest BCUT2D eigenvalue weighted by Crippen LogP contribution is -1.95. The average Bonchev–Trinajstić information content (AvgIpc) is 2.24. The first-order valence-corrected chi connectivity index (χ1v) is 6.71. The fraction of sp³-hybridized carbons (Fsp3) is 0. The van der Waals surface area contributed by atoms with Crippen molar-refractivity contribution in [1.82, 2.24) is 9.97 Å². The van der Waals surface area contributed by atoms with E-state index in [2.05, 4.69) is 57.8 Å². The van der Waals surface area contributed by atoms with Gasteiger partial charge in [0.25, 0.3) is 0 Å². The molecular formula is C10H3Br3F2N2. The lowest BCUT2D eigenvalue weighted by atomic mass is 10.2. The SMILES string of the molecule is Fc1ccc(-c2nc(Br)cc(Br)n2)c(Br)c1F. The van der Waals surface area contributed by atoms with Crippen molar-refractivity contribution in [2.24, 2.45) is 0 Å². The molecule has 0 N–H and O–H groups in total. The maximum absolute atomic E-state index is 13.4. The molecule has 2 aromatic rings. The van der Waals surface area contributed by atoms with Gasteiger partial charge in [-0.05, 0) is 59.9 Å². The first kappa shape index (κ1) is 13.0.